The Hall–Kier alpha value is -2.89. The first-order chi connectivity index (χ1) is 11.5. The van der Waals surface area contributed by atoms with Crippen molar-refractivity contribution in [2.75, 3.05) is 0 Å². The first-order valence-electron chi connectivity index (χ1n) is 7.79. The van der Waals surface area contributed by atoms with Crippen molar-refractivity contribution in [3.8, 4) is 0 Å². The number of H-pyrrole nitrogens is 1. The Morgan fingerprint density at radius 3 is 2.83 bits per heavy atom. The second-order valence-electron chi connectivity index (χ2n) is 5.57. The van der Waals surface area contributed by atoms with Gasteiger partial charge in [-0.15, -0.1) is 0 Å². The molecule has 2 aromatic heterocycles. The van der Waals surface area contributed by atoms with Gasteiger partial charge < -0.3 is 14.2 Å². The van der Waals surface area contributed by atoms with Crippen molar-refractivity contribution in [1.82, 2.24) is 10.1 Å². The van der Waals surface area contributed by atoms with Crippen LogP contribution in [0, 0.1) is 6.92 Å². The van der Waals surface area contributed by atoms with E-state index in [2.05, 4.69) is 10.1 Å². The molecule has 0 unspecified atom stereocenters. The second kappa shape index (κ2) is 6.31. The minimum Gasteiger partial charge on any atom is -0.451 e. The number of aromatic amines is 1. The Kier molecular flexibility index (Phi) is 4.20. The highest BCUT2D eigenvalue weighted by Gasteiger charge is 2.26. The highest BCUT2D eigenvalue weighted by Crippen LogP contribution is 2.21. The van der Waals surface area contributed by atoms with Gasteiger partial charge in [0.05, 0.1) is 5.69 Å². The lowest BCUT2D eigenvalue weighted by molar-refractivity contribution is 0.0317. The van der Waals surface area contributed by atoms with E-state index in [1.54, 1.807) is 20.0 Å². The van der Waals surface area contributed by atoms with Crippen LogP contribution in [0.2, 0.25) is 0 Å². The van der Waals surface area contributed by atoms with Crippen LogP contribution in [-0.4, -0.2) is 28.0 Å². The maximum Gasteiger partial charge on any atom is 0.344 e. The van der Waals surface area contributed by atoms with E-state index in [0.717, 1.165) is 10.9 Å². The first-order valence-corrected chi connectivity index (χ1v) is 7.79. The van der Waals surface area contributed by atoms with Crippen molar-refractivity contribution < 1.29 is 18.8 Å². The fourth-order valence-corrected chi connectivity index (χ4v) is 2.69. The number of nitrogens with one attached hydrogen (secondary N) is 1. The van der Waals surface area contributed by atoms with Crippen LogP contribution < -0.4 is 0 Å². The van der Waals surface area contributed by atoms with Crippen molar-refractivity contribution >= 4 is 22.7 Å². The van der Waals surface area contributed by atoms with E-state index in [-0.39, 0.29) is 5.78 Å². The van der Waals surface area contributed by atoms with Crippen molar-refractivity contribution in [2.24, 2.45) is 0 Å². The largest absolute Gasteiger partial charge is 0.451 e. The first kappa shape index (κ1) is 16.0. The monoisotopic (exact) mass is 326 g/mol. The van der Waals surface area contributed by atoms with Crippen LogP contribution in [0.5, 0.6) is 0 Å². The molecule has 2 heterocycles. The number of benzene rings is 1. The normalized spacial score (nSPS) is 12.3. The van der Waals surface area contributed by atoms with Crippen LogP contribution in [0.15, 0.2) is 35.0 Å². The van der Waals surface area contributed by atoms with Crippen molar-refractivity contribution in [3.63, 3.8) is 0 Å². The van der Waals surface area contributed by atoms with Crippen molar-refractivity contribution in [1.29, 1.82) is 0 Å². The molecule has 1 N–H and O–H groups in total. The summed E-state index contributed by atoms with van der Waals surface area (Å²) in [5, 5.41) is 4.64. The molecule has 124 valence electrons. The van der Waals surface area contributed by atoms with Gasteiger partial charge in [0.1, 0.15) is 11.3 Å². The number of ketones is 1. The maximum absolute atomic E-state index is 12.6. The number of aromatic nitrogens is 2. The van der Waals surface area contributed by atoms with E-state index in [0.29, 0.717) is 29.0 Å². The number of para-hydroxylation sites is 1. The number of ether oxygens (including phenoxy) is 1. The summed E-state index contributed by atoms with van der Waals surface area (Å²) in [7, 11) is 0. The average molecular weight is 326 g/mol. The summed E-state index contributed by atoms with van der Waals surface area (Å²) in [4.78, 5) is 28.0. The van der Waals surface area contributed by atoms with E-state index < -0.39 is 12.1 Å². The maximum atomic E-state index is 12.6. The molecule has 0 fully saturated rings. The zero-order valence-electron chi connectivity index (χ0n) is 13.8. The lowest BCUT2D eigenvalue weighted by Gasteiger charge is -2.12. The smallest absolute Gasteiger partial charge is 0.344 e. The summed E-state index contributed by atoms with van der Waals surface area (Å²) >= 11 is 0. The fourth-order valence-electron chi connectivity index (χ4n) is 2.69. The molecule has 6 heteroatoms. The van der Waals surface area contributed by atoms with Crippen molar-refractivity contribution in [2.45, 2.75) is 33.3 Å². The molecule has 0 radical (unpaired) electrons. The van der Waals surface area contributed by atoms with Crippen LogP contribution >= 0.6 is 0 Å². The average Bonchev–Trinajstić information content (AvgIpc) is 3.17. The number of fused-ring (bicyclic) bond motifs is 1. The Balaban J connectivity index is 1.81. The van der Waals surface area contributed by atoms with Gasteiger partial charge in [-0.1, -0.05) is 30.3 Å². The zero-order valence-corrected chi connectivity index (χ0v) is 13.8. The van der Waals surface area contributed by atoms with E-state index >= 15 is 0 Å². The number of carbonyl (C=O) groups is 2. The van der Waals surface area contributed by atoms with Crippen LogP contribution in [0.25, 0.3) is 10.9 Å². The lowest BCUT2D eigenvalue weighted by atomic mass is 10.1. The lowest BCUT2D eigenvalue weighted by Crippen LogP contribution is -2.25. The van der Waals surface area contributed by atoms with E-state index in [1.165, 1.54) is 0 Å². The summed E-state index contributed by atoms with van der Waals surface area (Å²) in [6.45, 7) is 5.08. The van der Waals surface area contributed by atoms with Gasteiger partial charge in [0, 0.05) is 22.7 Å². The number of aryl methyl sites for hydroxylation is 2. The van der Waals surface area contributed by atoms with Gasteiger partial charge in [-0.2, -0.15) is 0 Å². The van der Waals surface area contributed by atoms with Gasteiger partial charge in [0.25, 0.3) is 0 Å². The molecule has 0 saturated heterocycles. The molecule has 0 aliphatic rings. The standard InChI is InChI=1S/C18H18N2O4/c1-4-14-16(10(2)24-20-14)18(22)23-11(3)17(21)13-9-19-15-8-6-5-7-12(13)15/h5-9,11,19H,4H2,1-3H3/t11-/m1/s1. The molecule has 0 amide bonds. The summed E-state index contributed by atoms with van der Waals surface area (Å²) in [5.41, 5.74) is 2.20. The number of esters is 1. The van der Waals surface area contributed by atoms with Gasteiger partial charge in [-0.05, 0) is 26.3 Å². The molecule has 0 bridgehead atoms. The minimum absolute atomic E-state index is 0.257. The predicted molar refractivity (Wildman–Crippen MR) is 88.1 cm³/mol. The third-order valence-electron chi connectivity index (χ3n) is 3.98. The van der Waals surface area contributed by atoms with Gasteiger partial charge in [0.2, 0.25) is 5.78 Å². The Morgan fingerprint density at radius 1 is 1.33 bits per heavy atom. The molecule has 0 aliphatic heterocycles. The summed E-state index contributed by atoms with van der Waals surface area (Å²) in [5.74, 6) is -0.456. The third-order valence-corrected chi connectivity index (χ3v) is 3.98. The molecule has 0 aliphatic carbocycles. The fraction of sp³-hybridized carbons (Fsp3) is 0.278. The third kappa shape index (κ3) is 2.71. The molecule has 6 nitrogen and oxygen atoms in total. The topological polar surface area (TPSA) is 85.2 Å². The highest BCUT2D eigenvalue weighted by molar-refractivity contribution is 6.10. The number of Topliss-reactive ketones (excluding diaryl/α,β-unsaturated/α-hetero) is 1. The van der Waals surface area contributed by atoms with Gasteiger partial charge in [-0.25, -0.2) is 4.79 Å². The Labute approximate surface area is 138 Å². The molecular weight excluding hydrogens is 308 g/mol. The highest BCUT2D eigenvalue weighted by atomic mass is 16.5. The summed E-state index contributed by atoms with van der Waals surface area (Å²) in [6, 6.07) is 7.49. The van der Waals surface area contributed by atoms with Gasteiger partial charge in [0.15, 0.2) is 6.10 Å². The Morgan fingerprint density at radius 2 is 2.08 bits per heavy atom. The number of rotatable bonds is 5. The summed E-state index contributed by atoms with van der Waals surface area (Å²) in [6.07, 6.45) is 1.28. The van der Waals surface area contributed by atoms with Crippen LogP contribution in [0.3, 0.4) is 0 Å². The zero-order chi connectivity index (χ0) is 17.3. The molecule has 1 atom stereocenters. The molecule has 3 rings (SSSR count). The van der Waals surface area contributed by atoms with E-state index in [9.17, 15) is 9.59 Å². The Bertz CT molecular complexity index is 907. The molecule has 3 aromatic rings. The van der Waals surface area contributed by atoms with Gasteiger partial charge in [-0.3, -0.25) is 4.79 Å². The van der Waals surface area contributed by atoms with Crippen LogP contribution in [-0.2, 0) is 11.2 Å². The minimum atomic E-state index is -0.907. The summed E-state index contributed by atoms with van der Waals surface area (Å²) < 4.78 is 10.4. The molecule has 0 saturated carbocycles. The van der Waals surface area contributed by atoms with Gasteiger partial charge >= 0.3 is 5.97 Å². The molecular formula is C18H18N2O4. The van der Waals surface area contributed by atoms with E-state index in [4.69, 9.17) is 9.26 Å². The van der Waals surface area contributed by atoms with Crippen LogP contribution in [0.4, 0.5) is 0 Å². The molecule has 0 spiro atoms. The quantitative estimate of drug-likeness (QED) is 0.573. The molecule has 1 aromatic carbocycles. The van der Waals surface area contributed by atoms with Crippen LogP contribution in [0.1, 0.15) is 46.0 Å². The second-order valence-corrected chi connectivity index (χ2v) is 5.57. The molecule has 24 heavy (non-hydrogen) atoms. The predicted octanol–water partition coefficient (Wildman–Crippen LogP) is 3.45. The number of nitrogens with zero attached hydrogens (tertiary/aromatic N) is 1. The SMILES string of the molecule is CCc1noc(C)c1C(=O)O[C@H](C)C(=O)c1c[nH]c2ccccc12. The van der Waals surface area contributed by atoms with Crippen molar-refractivity contribution in [3.05, 3.63) is 53.0 Å². The number of carbonyl (C=O) groups excluding carboxylic acids is 2. The van der Waals surface area contributed by atoms with E-state index in [1.807, 2.05) is 31.2 Å². The number of hydrogen-bond donors (Lipinski definition) is 1. The number of hydrogen-bond acceptors (Lipinski definition) is 5.